The average Bonchev–Trinajstić information content (AvgIpc) is 2.82. The van der Waals surface area contributed by atoms with Crippen molar-refractivity contribution in [3.63, 3.8) is 0 Å². The van der Waals surface area contributed by atoms with E-state index in [0.717, 1.165) is 22.2 Å². The van der Waals surface area contributed by atoms with Gasteiger partial charge < -0.3 is 14.5 Å². The second-order valence-corrected chi connectivity index (χ2v) is 6.32. The number of methoxy groups -OCH3 is 2. The molecule has 0 aliphatic heterocycles. The van der Waals surface area contributed by atoms with E-state index in [2.05, 4.69) is 25.8 Å². The molecule has 2 rings (SSSR count). The van der Waals surface area contributed by atoms with Crippen LogP contribution in [0.1, 0.15) is 32.0 Å². The van der Waals surface area contributed by atoms with Gasteiger partial charge in [0.05, 0.1) is 10.4 Å². The van der Waals surface area contributed by atoms with Crippen LogP contribution < -0.4 is 0 Å². The second-order valence-electron chi connectivity index (χ2n) is 6.32. The van der Waals surface area contributed by atoms with E-state index in [0.29, 0.717) is 6.42 Å². The molecule has 0 fully saturated rings. The Bertz CT molecular complexity index is 681. The first-order valence-electron chi connectivity index (χ1n) is 7.13. The molecule has 0 aliphatic rings. The van der Waals surface area contributed by atoms with Crippen LogP contribution in [0.4, 0.5) is 5.69 Å². The average molecular weight is 306 g/mol. The Kier molecular flexibility index (Phi) is 4.53. The van der Waals surface area contributed by atoms with Gasteiger partial charge in [-0.3, -0.25) is 10.1 Å². The third kappa shape index (κ3) is 3.13. The standard InChI is InChI=1S/C16H22N2O4/c1-16(2,3)15-12(9-14(21-4)22-5)11-7-6-10(18(19)20)8-13(11)17-15/h6-8,14,17H,9H2,1-5H3. The summed E-state index contributed by atoms with van der Waals surface area (Å²) in [4.78, 5) is 13.9. The predicted molar refractivity (Wildman–Crippen MR) is 85.2 cm³/mol. The summed E-state index contributed by atoms with van der Waals surface area (Å²) in [6.45, 7) is 6.30. The van der Waals surface area contributed by atoms with E-state index in [1.165, 1.54) is 6.07 Å². The first-order chi connectivity index (χ1) is 10.3. The van der Waals surface area contributed by atoms with Crippen molar-refractivity contribution in [1.29, 1.82) is 0 Å². The maximum atomic E-state index is 11.0. The van der Waals surface area contributed by atoms with E-state index in [9.17, 15) is 10.1 Å². The van der Waals surface area contributed by atoms with Gasteiger partial charge in [-0.2, -0.15) is 0 Å². The molecular formula is C16H22N2O4. The summed E-state index contributed by atoms with van der Waals surface area (Å²) in [7, 11) is 3.20. The zero-order chi connectivity index (χ0) is 16.5. The zero-order valence-corrected chi connectivity index (χ0v) is 13.6. The SMILES string of the molecule is COC(Cc1c(C(C)(C)C)[nH]c2cc([N+](=O)[O-])ccc12)OC. The Morgan fingerprint density at radius 1 is 1.27 bits per heavy atom. The lowest BCUT2D eigenvalue weighted by Crippen LogP contribution is -2.20. The first kappa shape index (κ1) is 16.5. The molecular weight excluding hydrogens is 284 g/mol. The number of benzene rings is 1. The summed E-state index contributed by atoms with van der Waals surface area (Å²) >= 11 is 0. The van der Waals surface area contributed by atoms with Gasteiger partial charge in [-0.25, -0.2) is 0 Å². The van der Waals surface area contributed by atoms with Crippen molar-refractivity contribution >= 4 is 16.6 Å². The molecule has 6 nitrogen and oxygen atoms in total. The number of hydrogen-bond donors (Lipinski definition) is 1. The summed E-state index contributed by atoms with van der Waals surface area (Å²) in [5.41, 5.74) is 2.85. The van der Waals surface area contributed by atoms with Gasteiger partial charge in [-0.05, 0) is 11.6 Å². The van der Waals surface area contributed by atoms with Crippen molar-refractivity contribution in [1.82, 2.24) is 4.98 Å². The number of H-pyrrole nitrogens is 1. The van der Waals surface area contributed by atoms with Crippen LogP contribution in [0.15, 0.2) is 18.2 Å². The molecule has 0 saturated heterocycles. The minimum absolute atomic E-state index is 0.0794. The monoisotopic (exact) mass is 306 g/mol. The quantitative estimate of drug-likeness (QED) is 0.521. The van der Waals surface area contributed by atoms with Crippen molar-refractivity contribution in [3.05, 3.63) is 39.6 Å². The van der Waals surface area contributed by atoms with E-state index in [4.69, 9.17) is 9.47 Å². The molecule has 1 aromatic heterocycles. The minimum Gasteiger partial charge on any atom is -0.358 e. The predicted octanol–water partition coefficient (Wildman–Crippen LogP) is 3.54. The van der Waals surface area contributed by atoms with Gasteiger partial charge in [0.25, 0.3) is 5.69 Å². The summed E-state index contributed by atoms with van der Waals surface area (Å²) in [6.07, 6.45) is 0.229. The van der Waals surface area contributed by atoms with Gasteiger partial charge in [-0.1, -0.05) is 20.8 Å². The number of aromatic nitrogens is 1. The van der Waals surface area contributed by atoms with Crippen molar-refractivity contribution in [2.45, 2.75) is 38.9 Å². The summed E-state index contributed by atoms with van der Waals surface area (Å²) in [5.74, 6) is 0. The van der Waals surface area contributed by atoms with Crippen LogP contribution in [0.5, 0.6) is 0 Å². The third-order valence-electron chi connectivity index (χ3n) is 3.75. The Hall–Kier alpha value is -1.92. The van der Waals surface area contributed by atoms with Crippen LogP contribution >= 0.6 is 0 Å². The molecule has 22 heavy (non-hydrogen) atoms. The van der Waals surface area contributed by atoms with Crippen molar-refractivity contribution in [2.24, 2.45) is 0 Å². The molecule has 0 aliphatic carbocycles. The topological polar surface area (TPSA) is 77.4 Å². The number of nitro benzene ring substituents is 1. The summed E-state index contributed by atoms with van der Waals surface area (Å²) < 4.78 is 10.6. The van der Waals surface area contributed by atoms with Crippen molar-refractivity contribution in [2.75, 3.05) is 14.2 Å². The normalized spacial score (nSPS) is 12.3. The Morgan fingerprint density at radius 2 is 1.91 bits per heavy atom. The van der Waals surface area contributed by atoms with Gasteiger partial charge in [-0.15, -0.1) is 0 Å². The molecule has 2 aromatic rings. The van der Waals surface area contributed by atoms with E-state index in [1.807, 2.05) is 0 Å². The lowest BCUT2D eigenvalue weighted by Gasteiger charge is -2.21. The molecule has 0 spiro atoms. The highest BCUT2D eigenvalue weighted by Crippen LogP contribution is 2.34. The number of rotatable bonds is 5. The maximum Gasteiger partial charge on any atom is 0.271 e. The van der Waals surface area contributed by atoms with Crippen molar-refractivity contribution < 1.29 is 14.4 Å². The van der Waals surface area contributed by atoms with Gasteiger partial charge in [0.15, 0.2) is 6.29 Å². The van der Waals surface area contributed by atoms with E-state index < -0.39 is 0 Å². The molecule has 0 atom stereocenters. The van der Waals surface area contributed by atoms with Crippen LogP contribution in [-0.4, -0.2) is 30.4 Å². The Morgan fingerprint density at radius 3 is 2.41 bits per heavy atom. The Balaban J connectivity index is 2.61. The molecule has 6 heteroatoms. The first-order valence-corrected chi connectivity index (χ1v) is 7.13. The number of nitro groups is 1. The summed E-state index contributed by atoms with van der Waals surface area (Å²) in [6, 6.07) is 4.89. The molecule has 0 unspecified atom stereocenters. The summed E-state index contributed by atoms with van der Waals surface area (Å²) in [5, 5.41) is 11.9. The highest BCUT2D eigenvalue weighted by atomic mass is 16.7. The second kappa shape index (κ2) is 6.06. The highest BCUT2D eigenvalue weighted by Gasteiger charge is 2.25. The number of fused-ring (bicyclic) bond motifs is 1. The molecule has 0 saturated carbocycles. The van der Waals surface area contributed by atoms with Crippen LogP contribution in [0.2, 0.25) is 0 Å². The number of non-ortho nitro benzene ring substituents is 1. The van der Waals surface area contributed by atoms with Crippen LogP contribution in [-0.2, 0) is 21.3 Å². The smallest absolute Gasteiger partial charge is 0.271 e. The van der Waals surface area contributed by atoms with E-state index in [-0.39, 0.29) is 22.3 Å². The molecule has 0 bridgehead atoms. The van der Waals surface area contributed by atoms with Crippen LogP contribution in [0, 0.1) is 10.1 Å². The fraction of sp³-hybridized carbons (Fsp3) is 0.500. The minimum atomic E-state index is -0.385. The molecule has 1 heterocycles. The van der Waals surface area contributed by atoms with Crippen LogP contribution in [0.3, 0.4) is 0 Å². The van der Waals surface area contributed by atoms with Gasteiger partial charge in [0.2, 0.25) is 0 Å². The number of nitrogens with zero attached hydrogens (tertiary/aromatic N) is 1. The highest BCUT2D eigenvalue weighted by molar-refractivity contribution is 5.87. The lowest BCUT2D eigenvalue weighted by atomic mass is 9.88. The van der Waals surface area contributed by atoms with Crippen LogP contribution in [0.25, 0.3) is 10.9 Å². The van der Waals surface area contributed by atoms with Gasteiger partial charge in [0.1, 0.15) is 0 Å². The van der Waals surface area contributed by atoms with Gasteiger partial charge >= 0.3 is 0 Å². The van der Waals surface area contributed by atoms with E-state index in [1.54, 1.807) is 26.4 Å². The van der Waals surface area contributed by atoms with Crippen molar-refractivity contribution in [3.8, 4) is 0 Å². The largest absolute Gasteiger partial charge is 0.358 e. The molecule has 1 aromatic carbocycles. The Labute approximate surface area is 129 Å². The number of aromatic amines is 1. The molecule has 120 valence electrons. The van der Waals surface area contributed by atoms with Gasteiger partial charge in [0, 0.05) is 49.3 Å². The number of hydrogen-bond acceptors (Lipinski definition) is 4. The fourth-order valence-corrected chi connectivity index (χ4v) is 2.64. The lowest BCUT2D eigenvalue weighted by molar-refractivity contribution is -0.384. The molecule has 1 N–H and O–H groups in total. The maximum absolute atomic E-state index is 11.0. The molecule has 0 amide bonds. The third-order valence-corrected chi connectivity index (χ3v) is 3.75. The number of nitrogens with one attached hydrogen (secondary N) is 1. The number of ether oxygens (including phenoxy) is 2. The fourth-order valence-electron chi connectivity index (χ4n) is 2.64. The zero-order valence-electron chi connectivity index (χ0n) is 13.6. The molecule has 0 radical (unpaired) electrons. The van der Waals surface area contributed by atoms with E-state index >= 15 is 0 Å².